The van der Waals surface area contributed by atoms with Crippen LogP contribution in [0, 0.1) is 0 Å². The third-order valence-corrected chi connectivity index (χ3v) is 3.53. The van der Waals surface area contributed by atoms with Crippen molar-refractivity contribution in [1.82, 2.24) is 19.7 Å². The first kappa shape index (κ1) is 12.2. The Kier molecular flexibility index (Phi) is 3.46. The molecule has 0 unspecified atom stereocenters. The fraction of sp³-hybridized carbons (Fsp3) is 0.429. The highest BCUT2D eigenvalue weighted by Crippen LogP contribution is 2.17. The van der Waals surface area contributed by atoms with Gasteiger partial charge in [-0.05, 0) is 38.1 Å². The Morgan fingerprint density at radius 2 is 2.00 bits per heavy atom. The number of anilines is 1. The molecule has 0 saturated carbocycles. The first-order valence-electron chi connectivity index (χ1n) is 6.79. The molecule has 5 nitrogen and oxygen atoms in total. The zero-order chi connectivity index (χ0) is 13.1. The minimum absolute atomic E-state index is 0.742. The number of rotatable bonds is 4. The van der Waals surface area contributed by atoms with Gasteiger partial charge < -0.3 is 10.6 Å². The topological polar surface area (TPSA) is 60.0 Å². The molecular weight excluding hydrogens is 238 g/mol. The highest BCUT2D eigenvalue weighted by Gasteiger charge is 2.11. The summed E-state index contributed by atoms with van der Waals surface area (Å²) in [6.07, 6.45) is 4.45. The van der Waals surface area contributed by atoms with Crippen molar-refractivity contribution in [3.8, 4) is 11.4 Å². The molecule has 2 N–H and O–H groups in total. The Morgan fingerprint density at radius 3 is 2.79 bits per heavy atom. The van der Waals surface area contributed by atoms with E-state index in [4.69, 9.17) is 5.73 Å². The van der Waals surface area contributed by atoms with Gasteiger partial charge in [-0.15, -0.1) is 0 Å². The maximum atomic E-state index is 5.78. The molecule has 1 fully saturated rings. The average Bonchev–Trinajstić information content (AvgIpc) is 3.08. The van der Waals surface area contributed by atoms with Crippen LogP contribution >= 0.6 is 0 Å². The van der Waals surface area contributed by atoms with Crippen LogP contribution in [0.1, 0.15) is 12.8 Å². The van der Waals surface area contributed by atoms with Gasteiger partial charge in [0.05, 0.1) is 6.54 Å². The fourth-order valence-electron chi connectivity index (χ4n) is 2.46. The third-order valence-electron chi connectivity index (χ3n) is 3.53. The number of nitrogen functional groups attached to an aromatic ring is 1. The quantitative estimate of drug-likeness (QED) is 0.846. The summed E-state index contributed by atoms with van der Waals surface area (Å²) in [5.74, 6) is 0.744. The molecule has 0 atom stereocenters. The van der Waals surface area contributed by atoms with Gasteiger partial charge in [0.1, 0.15) is 6.33 Å². The largest absolute Gasteiger partial charge is 0.399 e. The SMILES string of the molecule is Nc1cccc(-c2ncn(CCN3CCCC3)n2)c1. The van der Waals surface area contributed by atoms with Crippen molar-refractivity contribution in [3.63, 3.8) is 0 Å². The second-order valence-electron chi connectivity index (χ2n) is 5.01. The monoisotopic (exact) mass is 257 g/mol. The molecule has 0 bridgehead atoms. The first-order valence-corrected chi connectivity index (χ1v) is 6.79. The molecule has 3 rings (SSSR count). The van der Waals surface area contributed by atoms with E-state index in [-0.39, 0.29) is 0 Å². The van der Waals surface area contributed by atoms with Crippen LogP contribution < -0.4 is 5.73 Å². The molecule has 2 heterocycles. The van der Waals surface area contributed by atoms with Crippen molar-refractivity contribution in [1.29, 1.82) is 0 Å². The summed E-state index contributed by atoms with van der Waals surface area (Å²) < 4.78 is 1.91. The minimum Gasteiger partial charge on any atom is -0.399 e. The van der Waals surface area contributed by atoms with Crippen LogP contribution in [0.15, 0.2) is 30.6 Å². The Morgan fingerprint density at radius 1 is 1.16 bits per heavy atom. The number of nitrogens with zero attached hydrogens (tertiary/aromatic N) is 4. The molecule has 100 valence electrons. The van der Waals surface area contributed by atoms with E-state index in [2.05, 4.69) is 15.0 Å². The molecule has 5 heteroatoms. The second kappa shape index (κ2) is 5.40. The Hall–Kier alpha value is -1.88. The van der Waals surface area contributed by atoms with Crippen LogP contribution in [-0.4, -0.2) is 39.3 Å². The predicted molar refractivity (Wildman–Crippen MR) is 75.5 cm³/mol. The van der Waals surface area contributed by atoms with Crippen molar-refractivity contribution in [2.75, 3.05) is 25.4 Å². The van der Waals surface area contributed by atoms with Gasteiger partial charge in [-0.2, -0.15) is 5.10 Å². The van der Waals surface area contributed by atoms with E-state index < -0.39 is 0 Å². The molecule has 19 heavy (non-hydrogen) atoms. The van der Waals surface area contributed by atoms with Crippen molar-refractivity contribution in [3.05, 3.63) is 30.6 Å². The molecule has 0 aliphatic carbocycles. The van der Waals surface area contributed by atoms with Gasteiger partial charge in [-0.25, -0.2) is 4.98 Å². The Bertz CT molecular complexity index is 542. The molecule has 2 aromatic rings. The van der Waals surface area contributed by atoms with Gasteiger partial charge in [-0.3, -0.25) is 4.68 Å². The lowest BCUT2D eigenvalue weighted by Crippen LogP contribution is -2.24. The second-order valence-corrected chi connectivity index (χ2v) is 5.01. The molecule has 0 radical (unpaired) electrons. The van der Waals surface area contributed by atoms with E-state index in [0.717, 1.165) is 30.2 Å². The molecule has 1 saturated heterocycles. The van der Waals surface area contributed by atoms with E-state index in [1.54, 1.807) is 6.33 Å². The van der Waals surface area contributed by atoms with Crippen LogP contribution in [0.25, 0.3) is 11.4 Å². The van der Waals surface area contributed by atoms with Gasteiger partial charge in [-0.1, -0.05) is 12.1 Å². The summed E-state index contributed by atoms with van der Waals surface area (Å²) in [6, 6.07) is 7.68. The minimum atomic E-state index is 0.742. The van der Waals surface area contributed by atoms with Crippen molar-refractivity contribution >= 4 is 5.69 Å². The average molecular weight is 257 g/mol. The Labute approximate surface area is 113 Å². The summed E-state index contributed by atoms with van der Waals surface area (Å²) in [4.78, 5) is 6.82. The summed E-state index contributed by atoms with van der Waals surface area (Å²) in [5.41, 5.74) is 7.49. The summed E-state index contributed by atoms with van der Waals surface area (Å²) in [6.45, 7) is 4.39. The summed E-state index contributed by atoms with van der Waals surface area (Å²) in [7, 11) is 0. The number of benzene rings is 1. The van der Waals surface area contributed by atoms with Gasteiger partial charge in [0.15, 0.2) is 5.82 Å². The molecule has 1 aromatic carbocycles. The standard InChI is InChI=1S/C14H19N5/c15-13-5-3-4-12(10-13)14-16-11-19(17-14)9-8-18-6-1-2-7-18/h3-5,10-11H,1-2,6-9,15H2. The lowest BCUT2D eigenvalue weighted by molar-refractivity contribution is 0.315. The van der Waals surface area contributed by atoms with Crippen LogP contribution in [0.2, 0.25) is 0 Å². The zero-order valence-electron chi connectivity index (χ0n) is 11.0. The third kappa shape index (κ3) is 2.93. The smallest absolute Gasteiger partial charge is 0.181 e. The van der Waals surface area contributed by atoms with Gasteiger partial charge in [0.25, 0.3) is 0 Å². The van der Waals surface area contributed by atoms with Crippen LogP contribution in [0.5, 0.6) is 0 Å². The highest BCUT2D eigenvalue weighted by atomic mass is 15.3. The fourth-order valence-corrected chi connectivity index (χ4v) is 2.46. The van der Waals surface area contributed by atoms with Crippen molar-refractivity contribution in [2.45, 2.75) is 19.4 Å². The number of hydrogen-bond acceptors (Lipinski definition) is 4. The number of aromatic nitrogens is 3. The van der Waals surface area contributed by atoms with E-state index in [1.165, 1.54) is 25.9 Å². The van der Waals surface area contributed by atoms with E-state index in [1.807, 2.05) is 28.9 Å². The van der Waals surface area contributed by atoms with Crippen molar-refractivity contribution < 1.29 is 0 Å². The van der Waals surface area contributed by atoms with Gasteiger partial charge in [0, 0.05) is 17.8 Å². The summed E-state index contributed by atoms with van der Waals surface area (Å²) >= 11 is 0. The molecule has 0 spiro atoms. The molecule has 1 aliphatic heterocycles. The summed E-state index contributed by atoms with van der Waals surface area (Å²) in [5, 5.41) is 4.51. The normalized spacial score (nSPS) is 16.0. The maximum absolute atomic E-state index is 5.78. The van der Waals surface area contributed by atoms with Crippen LogP contribution in [0.4, 0.5) is 5.69 Å². The van der Waals surface area contributed by atoms with E-state index in [9.17, 15) is 0 Å². The maximum Gasteiger partial charge on any atom is 0.181 e. The number of likely N-dealkylation sites (tertiary alicyclic amines) is 1. The van der Waals surface area contributed by atoms with Gasteiger partial charge in [0.2, 0.25) is 0 Å². The van der Waals surface area contributed by atoms with Crippen molar-refractivity contribution in [2.24, 2.45) is 0 Å². The van der Waals surface area contributed by atoms with Crippen LogP contribution in [-0.2, 0) is 6.54 Å². The van der Waals surface area contributed by atoms with Crippen LogP contribution in [0.3, 0.4) is 0 Å². The molecular formula is C14H19N5. The molecule has 1 aliphatic rings. The number of nitrogens with two attached hydrogens (primary N) is 1. The van der Waals surface area contributed by atoms with E-state index in [0.29, 0.717) is 0 Å². The molecule has 1 aromatic heterocycles. The van der Waals surface area contributed by atoms with E-state index >= 15 is 0 Å². The Balaban J connectivity index is 1.65. The molecule has 0 amide bonds. The lowest BCUT2D eigenvalue weighted by Gasteiger charge is -2.13. The zero-order valence-corrected chi connectivity index (χ0v) is 11.0. The van der Waals surface area contributed by atoms with Gasteiger partial charge >= 0.3 is 0 Å². The number of hydrogen-bond donors (Lipinski definition) is 1. The predicted octanol–water partition coefficient (Wildman–Crippen LogP) is 1.62. The lowest BCUT2D eigenvalue weighted by atomic mass is 10.2. The first-order chi connectivity index (χ1) is 9.31. The highest BCUT2D eigenvalue weighted by molar-refractivity contribution is 5.60.